The predicted molar refractivity (Wildman–Crippen MR) is 110 cm³/mol. The molecule has 3 rings (SSSR count). The van der Waals surface area contributed by atoms with Gasteiger partial charge in [-0.25, -0.2) is 9.97 Å². The Bertz CT molecular complexity index is 976. The van der Waals surface area contributed by atoms with E-state index in [2.05, 4.69) is 26.1 Å². The van der Waals surface area contributed by atoms with Crippen LogP contribution in [0.15, 0.2) is 54.9 Å². The smallest absolute Gasteiger partial charge is 0.269 e. The number of nitrogens with zero attached hydrogens (tertiary/aromatic N) is 2. The molecule has 1 amide bonds. The van der Waals surface area contributed by atoms with E-state index in [1.54, 1.807) is 12.1 Å². The van der Waals surface area contributed by atoms with Gasteiger partial charge in [0.1, 0.15) is 17.8 Å². The Kier molecular flexibility index (Phi) is 5.91. The van der Waals surface area contributed by atoms with Crippen molar-refractivity contribution < 1.29 is 9.53 Å². The first-order valence-corrected chi connectivity index (χ1v) is 8.81. The fourth-order valence-electron chi connectivity index (χ4n) is 2.58. The van der Waals surface area contributed by atoms with Crippen molar-refractivity contribution in [2.45, 2.75) is 13.8 Å². The molecule has 0 aliphatic carbocycles. The number of amides is 1. The van der Waals surface area contributed by atoms with Gasteiger partial charge in [0.2, 0.25) is 0 Å². The number of ether oxygens (including phenoxy) is 1. The summed E-state index contributed by atoms with van der Waals surface area (Å²) in [5.41, 5.74) is 14.0. The maximum atomic E-state index is 12.4. The van der Waals surface area contributed by atoms with Crippen molar-refractivity contribution in [2.24, 2.45) is 0 Å². The van der Waals surface area contributed by atoms with E-state index in [9.17, 15) is 4.79 Å². The fourth-order valence-corrected chi connectivity index (χ4v) is 2.58. The molecule has 0 spiro atoms. The van der Waals surface area contributed by atoms with Crippen LogP contribution in [0.1, 0.15) is 22.8 Å². The zero-order valence-corrected chi connectivity index (χ0v) is 15.7. The number of benzene rings is 2. The van der Waals surface area contributed by atoms with E-state index >= 15 is 0 Å². The van der Waals surface area contributed by atoms with Crippen LogP contribution >= 0.6 is 0 Å². The minimum Gasteiger partial charge on any atom is -0.492 e. The molecule has 28 heavy (non-hydrogen) atoms. The number of hydrazine groups is 1. The molecule has 1 heterocycles. The van der Waals surface area contributed by atoms with E-state index in [1.807, 2.05) is 50.2 Å². The number of rotatable bonds is 7. The summed E-state index contributed by atoms with van der Waals surface area (Å²) < 4.78 is 5.60. The zero-order chi connectivity index (χ0) is 19.9. The highest BCUT2D eigenvalue weighted by Gasteiger charge is 2.13. The molecule has 0 saturated heterocycles. The number of hydrogen-bond donors (Lipinski definition) is 4. The molecule has 0 fully saturated rings. The number of carbonyl (C=O) groups is 1. The van der Waals surface area contributed by atoms with Gasteiger partial charge in [-0.15, -0.1) is 0 Å². The molecule has 5 N–H and O–H groups in total. The summed E-state index contributed by atoms with van der Waals surface area (Å²) >= 11 is 0. The summed E-state index contributed by atoms with van der Waals surface area (Å²) in [5.74, 6) is 1.08. The van der Waals surface area contributed by atoms with E-state index in [0.717, 1.165) is 11.3 Å². The highest BCUT2D eigenvalue weighted by atomic mass is 16.5. The molecule has 0 aliphatic heterocycles. The summed E-state index contributed by atoms with van der Waals surface area (Å²) in [5, 5.41) is 3.14. The van der Waals surface area contributed by atoms with Crippen LogP contribution in [-0.2, 0) is 0 Å². The van der Waals surface area contributed by atoms with Gasteiger partial charge in [0.15, 0.2) is 11.6 Å². The summed E-state index contributed by atoms with van der Waals surface area (Å²) in [6.07, 6.45) is 1.35. The van der Waals surface area contributed by atoms with Gasteiger partial charge in [-0.05, 0) is 37.6 Å². The molecule has 144 valence electrons. The van der Waals surface area contributed by atoms with Crippen molar-refractivity contribution in [1.29, 1.82) is 0 Å². The number of hydrogen-bond acceptors (Lipinski definition) is 7. The number of nitrogen functional groups attached to an aromatic ring is 1. The Morgan fingerprint density at radius 1 is 1.07 bits per heavy atom. The molecule has 0 unspecified atom stereocenters. The fraction of sp³-hybridized carbons (Fsp3) is 0.150. The minimum atomic E-state index is -0.285. The van der Waals surface area contributed by atoms with Crippen LogP contribution < -0.4 is 26.6 Å². The van der Waals surface area contributed by atoms with Crippen molar-refractivity contribution in [2.75, 3.05) is 23.1 Å². The van der Waals surface area contributed by atoms with Gasteiger partial charge in [0, 0.05) is 5.56 Å². The Hall–Kier alpha value is -3.81. The van der Waals surface area contributed by atoms with Crippen LogP contribution in [0.2, 0.25) is 0 Å². The second kappa shape index (κ2) is 8.72. The molecular formula is C20H22N6O2. The Morgan fingerprint density at radius 3 is 2.57 bits per heavy atom. The average Bonchev–Trinajstić information content (AvgIpc) is 2.70. The second-order valence-corrected chi connectivity index (χ2v) is 5.93. The van der Waals surface area contributed by atoms with Gasteiger partial charge < -0.3 is 15.8 Å². The average molecular weight is 378 g/mol. The first kappa shape index (κ1) is 19.0. The van der Waals surface area contributed by atoms with Crippen molar-refractivity contribution in [3.05, 3.63) is 66.0 Å². The van der Waals surface area contributed by atoms with Crippen LogP contribution in [0.4, 0.5) is 23.0 Å². The number of carbonyl (C=O) groups excluding carboxylic acids is 1. The van der Waals surface area contributed by atoms with Gasteiger partial charge in [-0.2, -0.15) is 0 Å². The van der Waals surface area contributed by atoms with E-state index in [-0.39, 0.29) is 17.4 Å². The lowest BCUT2D eigenvalue weighted by atomic mass is 10.1. The van der Waals surface area contributed by atoms with Gasteiger partial charge in [0.05, 0.1) is 12.3 Å². The van der Waals surface area contributed by atoms with Crippen LogP contribution in [0.3, 0.4) is 0 Å². The summed E-state index contributed by atoms with van der Waals surface area (Å²) in [6, 6.07) is 14.8. The summed E-state index contributed by atoms with van der Waals surface area (Å²) in [6.45, 7) is 4.32. The van der Waals surface area contributed by atoms with Crippen LogP contribution in [-0.4, -0.2) is 22.5 Å². The predicted octanol–water partition coefficient (Wildman–Crippen LogP) is 3.27. The quantitative estimate of drug-likeness (QED) is 0.467. The third-order valence-corrected chi connectivity index (χ3v) is 4.01. The first-order chi connectivity index (χ1) is 13.6. The van der Waals surface area contributed by atoms with E-state index in [0.29, 0.717) is 23.7 Å². The highest BCUT2D eigenvalue weighted by Crippen LogP contribution is 2.30. The number of nitrogens with two attached hydrogens (primary N) is 1. The molecule has 0 atom stereocenters. The number of para-hydroxylation sites is 2. The van der Waals surface area contributed by atoms with Crippen molar-refractivity contribution in [1.82, 2.24) is 15.4 Å². The molecule has 8 heteroatoms. The minimum absolute atomic E-state index is 0.263. The number of aryl methyl sites for hydroxylation is 1. The number of aromatic nitrogens is 2. The Morgan fingerprint density at radius 2 is 1.79 bits per heavy atom. The molecule has 0 bridgehead atoms. The Balaban J connectivity index is 1.75. The molecule has 0 radical (unpaired) electrons. The lowest BCUT2D eigenvalue weighted by Gasteiger charge is -2.15. The number of nitrogens with one attached hydrogen (secondary N) is 3. The molecule has 1 aromatic heterocycles. The van der Waals surface area contributed by atoms with Crippen molar-refractivity contribution in [3.8, 4) is 5.75 Å². The molecule has 0 saturated carbocycles. The SMILES string of the molecule is CCOc1ccccc1Nc1ncnc(NNC(=O)c2ccccc2C)c1N. The molecule has 0 aliphatic rings. The summed E-state index contributed by atoms with van der Waals surface area (Å²) in [4.78, 5) is 20.6. The van der Waals surface area contributed by atoms with Crippen molar-refractivity contribution >= 4 is 28.9 Å². The van der Waals surface area contributed by atoms with Crippen LogP contribution in [0.25, 0.3) is 0 Å². The standard InChI is InChI=1S/C20H22N6O2/c1-3-28-16-11-7-6-10-15(16)24-18-17(21)19(23-12-22-18)25-26-20(27)14-9-5-4-8-13(14)2/h4-12H,3,21H2,1-2H3,(H,26,27)(H2,22,23,24,25). The van der Waals surface area contributed by atoms with Crippen molar-refractivity contribution in [3.63, 3.8) is 0 Å². The maximum absolute atomic E-state index is 12.4. The van der Waals surface area contributed by atoms with E-state index < -0.39 is 0 Å². The molecule has 8 nitrogen and oxygen atoms in total. The topological polar surface area (TPSA) is 114 Å². The third kappa shape index (κ3) is 4.29. The molecular weight excluding hydrogens is 356 g/mol. The van der Waals surface area contributed by atoms with Gasteiger partial charge in [0.25, 0.3) is 5.91 Å². The largest absolute Gasteiger partial charge is 0.492 e. The van der Waals surface area contributed by atoms with E-state index in [4.69, 9.17) is 10.5 Å². The van der Waals surface area contributed by atoms with Crippen LogP contribution in [0, 0.1) is 6.92 Å². The monoisotopic (exact) mass is 378 g/mol. The van der Waals surface area contributed by atoms with Crippen LogP contribution in [0.5, 0.6) is 5.75 Å². The molecule has 3 aromatic rings. The summed E-state index contributed by atoms with van der Waals surface area (Å²) in [7, 11) is 0. The zero-order valence-electron chi connectivity index (χ0n) is 15.7. The second-order valence-electron chi connectivity index (χ2n) is 5.93. The third-order valence-electron chi connectivity index (χ3n) is 4.01. The van der Waals surface area contributed by atoms with Gasteiger partial charge >= 0.3 is 0 Å². The lowest BCUT2D eigenvalue weighted by molar-refractivity contribution is 0.0962. The maximum Gasteiger partial charge on any atom is 0.269 e. The lowest BCUT2D eigenvalue weighted by Crippen LogP contribution is -2.30. The first-order valence-electron chi connectivity index (χ1n) is 8.81. The van der Waals surface area contributed by atoms with Gasteiger partial charge in [-0.3, -0.25) is 15.6 Å². The number of anilines is 4. The van der Waals surface area contributed by atoms with Gasteiger partial charge in [-0.1, -0.05) is 30.3 Å². The van der Waals surface area contributed by atoms with E-state index in [1.165, 1.54) is 6.33 Å². The Labute approximate surface area is 163 Å². The normalized spacial score (nSPS) is 10.2. The highest BCUT2D eigenvalue weighted by molar-refractivity contribution is 5.96. The molecule has 2 aromatic carbocycles.